The Morgan fingerprint density at radius 3 is 2.65 bits per heavy atom. The molecule has 7 nitrogen and oxygen atoms in total. The smallest absolute Gasteiger partial charge is 0.296 e. The maximum atomic E-state index is 12.9. The van der Waals surface area contributed by atoms with E-state index in [4.69, 9.17) is 10.3 Å². The summed E-state index contributed by atoms with van der Waals surface area (Å²) in [5.74, 6) is -3.89. The number of hydrogen-bond donors (Lipinski definition) is 2. The monoisotopic (exact) mass is 330 g/mol. The van der Waals surface area contributed by atoms with Crippen molar-refractivity contribution in [3.05, 3.63) is 11.7 Å². The molecular weight excluding hydrogens is 310 g/mol. The summed E-state index contributed by atoms with van der Waals surface area (Å²) in [7, 11) is 0. The molecule has 0 spiro atoms. The fourth-order valence-corrected chi connectivity index (χ4v) is 2.10. The quantitative estimate of drug-likeness (QED) is 0.697. The van der Waals surface area contributed by atoms with Gasteiger partial charge in [-0.3, -0.25) is 9.59 Å². The number of ketones is 1. The number of Topliss-reactive ketones (excluding diaryl/α,β-unsaturated/α-hetero) is 1. The van der Waals surface area contributed by atoms with E-state index in [1.165, 1.54) is 0 Å². The van der Waals surface area contributed by atoms with Gasteiger partial charge in [-0.05, 0) is 26.2 Å². The van der Waals surface area contributed by atoms with Crippen LogP contribution >= 0.6 is 0 Å². The highest BCUT2D eigenvalue weighted by atomic mass is 19.3. The third kappa shape index (κ3) is 4.78. The molecular formula is C14H20F2N4O3. The van der Waals surface area contributed by atoms with Crippen molar-refractivity contribution in [2.24, 2.45) is 5.73 Å². The molecule has 2 rings (SSSR count). The van der Waals surface area contributed by atoms with Gasteiger partial charge in [0.2, 0.25) is 17.6 Å². The first-order valence-electron chi connectivity index (χ1n) is 7.53. The zero-order chi connectivity index (χ0) is 17.2. The molecule has 0 bridgehead atoms. The molecule has 0 radical (unpaired) electrons. The Morgan fingerprint density at radius 1 is 1.48 bits per heavy atom. The molecule has 23 heavy (non-hydrogen) atoms. The van der Waals surface area contributed by atoms with Crippen molar-refractivity contribution in [3.8, 4) is 0 Å². The molecule has 0 aliphatic heterocycles. The van der Waals surface area contributed by atoms with Gasteiger partial charge >= 0.3 is 0 Å². The van der Waals surface area contributed by atoms with Crippen LogP contribution in [0.3, 0.4) is 0 Å². The maximum absolute atomic E-state index is 12.9. The van der Waals surface area contributed by atoms with Crippen LogP contribution in [-0.2, 0) is 4.79 Å². The van der Waals surface area contributed by atoms with E-state index < -0.39 is 36.1 Å². The summed E-state index contributed by atoms with van der Waals surface area (Å²) in [5.41, 5.74) is 5.44. The van der Waals surface area contributed by atoms with Crippen molar-refractivity contribution in [1.29, 1.82) is 0 Å². The molecule has 0 aromatic carbocycles. The molecule has 1 aromatic rings. The van der Waals surface area contributed by atoms with Gasteiger partial charge in [0.15, 0.2) is 5.82 Å². The third-order valence-corrected chi connectivity index (χ3v) is 3.55. The molecule has 2 atom stereocenters. The number of aromatic nitrogens is 2. The van der Waals surface area contributed by atoms with Crippen molar-refractivity contribution in [2.75, 3.05) is 0 Å². The second kappa shape index (κ2) is 6.69. The molecule has 3 N–H and O–H groups in total. The largest absolute Gasteiger partial charge is 0.344 e. The Labute approximate surface area is 132 Å². The second-order valence-electron chi connectivity index (χ2n) is 5.95. The summed E-state index contributed by atoms with van der Waals surface area (Å²) in [4.78, 5) is 28.2. The first-order valence-corrected chi connectivity index (χ1v) is 7.53. The van der Waals surface area contributed by atoms with Crippen LogP contribution in [0.2, 0.25) is 0 Å². The van der Waals surface area contributed by atoms with Crippen LogP contribution in [0.15, 0.2) is 4.52 Å². The lowest BCUT2D eigenvalue weighted by atomic mass is 10.1. The first kappa shape index (κ1) is 17.5. The summed E-state index contributed by atoms with van der Waals surface area (Å²) in [6.45, 7) is 2.35. The fourth-order valence-electron chi connectivity index (χ4n) is 2.10. The lowest BCUT2D eigenvalue weighted by Crippen LogP contribution is -2.49. The zero-order valence-corrected chi connectivity index (χ0v) is 13.0. The minimum absolute atomic E-state index is 0.187. The average Bonchev–Trinajstić information content (AvgIpc) is 3.19. The van der Waals surface area contributed by atoms with E-state index in [0.29, 0.717) is 12.7 Å². The number of nitrogens with one attached hydrogen (secondary N) is 1. The molecule has 1 aliphatic carbocycles. The van der Waals surface area contributed by atoms with E-state index in [0.717, 1.165) is 12.8 Å². The van der Waals surface area contributed by atoms with Crippen LogP contribution in [0.25, 0.3) is 0 Å². The molecule has 1 heterocycles. The van der Waals surface area contributed by atoms with E-state index in [-0.39, 0.29) is 18.2 Å². The Balaban J connectivity index is 1.97. The molecule has 1 fully saturated rings. The summed E-state index contributed by atoms with van der Waals surface area (Å²) < 4.78 is 30.7. The summed E-state index contributed by atoms with van der Waals surface area (Å²) in [5, 5.41) is 6.10. The number of carbonyl (C=O) groups excluding carboxylic acids is 2. The van der Waals surface area contributed by atoms with Crippen LogP contribution in [0.1, 0.15) is 62.0 Å². The average molecular weight is 330 g/mol. The summed E-state index contributed by atoms with van der Waals surface area (Å²) in [6, 6.07) is -2.34. The number of carbonyl (C=O) groups is 2. The van der Waals surface area contributed by atoms with E-state index in [2.05, 4.69) is 15.5 Å². The minimum Gasteiger partial charge on any atom is -0.344 e. The molecule has 0 unspecified atom stereocenters. The number of halogens is 2. The number of nitrogens with two attached hydrogens (primary N) is 1. The Hall–Kier alpha value is -1.90. The maximum Gasteiger partial charge on any atom is 0.296 e. The molecule has 1 aliphatic rings. The van der Waals surface area contributed by atoms with Gasteiger partial charge in [0.05, 0.1) is 12.1 Å². The highest BCUT2D eigenvalue weighted by Gasteiger charge is 2.34. The number of hydrogen-bond acceptors (Lipinski definition) is 6. The SMILES string of the molecule is CC[C@H](NC(=O)[C@@H](N)CC(C)(F)F)C(=O)c1nc(C2CC2)no1. The van der Waals surface area contributed by atoms with Crippen LogP contribution in [-0.4, -0.2) is 39.8 Å². The Kier molecular flexibility index (Phi) is 5.08. The van der Waals surface area contributed by atoms with Crippen molar-refractivity contribution < 1.29 is 22.9 Å². The predicted molar refractivity (Wildman–Crippen MR) is 76.0 cm³/mol. The fraction of sp³-hybridized carbons (Fsp3) is 0.714. The van der Waals surface area contributed by atoms with Gasteiger partial charge in [0.1, 0.15) is 0 Å². The van der Waals surface area contributed by atoms with E-state index in [1.54, 1.807) is 6.92 Å². The van der Waals surface area contributed by atoms with Crippen LogP contribution in [0.4, 0.5) is 8.78 Å². The van der Waals surface area contributed by atoms with Crippen molar-refractivity contribution in [1.82, 2.24) is 15.5 Å². The Bertz CT molecular complexity index is 581. The standard InChI is InChI=1S/C14H20F2N4O3/c1-3-9(18-12(22)8(17)6-14(2,15)16)10(21)13-19-11(20-23-13)7-4-5-7/h7-9H,3-6,17H2,1-2H3,(H,18,22)/t8-,9-/m0/s1. The lowest BCUT2D eigenvalue weighted by molar-refractivity contribution is -0.125. The summed E-state index contributed by atoms with van der Waals surface area (Å²) >= 11 is 0. The molecule has 1 aromatic heterocycles. The van der Waals surface area contributed by atoms with E-state index in [1.807, 2.05) is 0 Å². The van der Waals surface area contributed by atoms with Gasteiger partial charge in [-0.1, -0.05) is 12.1 Å². The van der Waals surface area contributed by atoms with Crippen molar-refractivity contribution >= 4 is 11.7 Å². The summed E-state index contributed by atoms with van der Waals surface area (Å²) in [6.07, 6.45) is 1.37. The van der Waals surface area contributed by atoms with Gasteiger partial charge in [-0.25, -0.2) is 8.78 Å². The number of nitrogens with zero attached hydrogens (tertiary/aromatic N) is 2. The van der Waals surface area contributed by atoms with E-state index >= 15 is 0 Å². The van der Waals surface area contributed by atoms with E-state index in [9.17, 15) is 18.4 Å². The number of rotatable bonds is 8. The van der Waals surface area contributed by atoms with Crippen molar-refractivity contribution in [3.63, 3.8) is 0 Å². The van der Waals surface area contributed by atoms with Gasteiger partial charge < -0.3 is 15.6 Å². The zero-order valence-electron chi connectivity index (χ0n) is 13.0. The molecule has 128 valence electrons. The van der Waals surface area contributed by atoms with Crippen LogP contribution < -0.4 is 11.1 Å². The van der Waals surface area contributed by atoms with Gasteiger partial charge in [-0.15, -0.1) is 0 Å². The van der Waals surface area contributed by atoms with Crippen LogP contribution in [0, 0.1) is 0 Å². The normalized spacial score (nSPS) is 17.6. The Morgan fingerprint density at radius 2 is 2.13 bits per heavy atom. The van der Waals surface area contributed by atoms with Crippen LogP contribution in [0.5, 0.6) is 0 Å². The number of amides is 1. The van der Waals surface area contributed by atoms with Gasteiger partial charge in [-0.2, -0.15) is 4.98 Å². The first-order chi connectivity index (χ1) is 10.7. The molecule has 1 amide bonds. The van der Waals surface area contributed by atoms with Crippen molar-refractivity contribution in [2.45, 2.75) is 63.5 Å². The highest BCUT2D eigenvalue weighted by molar-refractivity contribution is 5.98. The second-order valence-corrected chi connectivity index (χ2v) is 5.95. The molecule has 1 saturated carbocycles. The lowest BCUT2D eigenvalue weighted by Gasteiger charge is -2.19. The highest BCUT2D eigenvalue weighted by Crippen LogP contribution is 2.38. The third-order valence-electron chi connectivity index (χ3n) is 3.55. The predicted octanol–water partition coefficient (Wildman–Crippen LogP) is 1.40. The molecule has 9 heteroatoms. The topological polar surface area (TPSA) is 111 Å². The van der Waals surface area contributed by atoms with Gasteiger partial charge in [0, 0.05) is 12.3 Å². The van der Waals surface area contributed by atoms with Gasteiger partial charge in [0.25, 0.3) is 5.89 Å². The number of alkyl halides is 2. The minimum atomic E-state index is -3.06. The molecule has 0 saturated heterocycles.